The Hall–Kier alpha value is -1.35. The second-order valence-electron chi connectivity index (χ2n) is 4.54. The fourth-order valence-electron chi connectivity index (χ4n) is 2.50. The molecule has 1 aliphatic carbocycles. The maximum absolute atomic E-state index is 9.09. The molecular formula is C15H16ClNO. The molecule has 0 amide bonds. The number of hydrogen-bond donors (Lipinski definition) is 2. The van der Waals surface area contributed by atoms with E-state index in [-0.39, 0.29) is 25.1 Å². The quantitative estimate of drug-likeness (QED) is 0.745. The van der Waals surface area contributed by atoms with E-state index in [1.54, 1.807) is 0 Å². The first kappa shape index (κ1) is 13.1. The van der Waals surface area contributed by atoms with Crippen LogP contribution in [0.15, 0.2) is 42.5 Å². The Morgan fingerprint density at radius 2 is 1.78 bits per heavy atom. The maximum Gasteiger partial charge on any atom is 0.0624 e. The molecule has 0 heterocycles. The fourth-order valence-corrected chi connectivity index (χ4v) is 2.50. The van der Waals surface area contributed by atoms with Crippen LogP contribution in [-0.4, -0.2) is 11.7 Å². The van der Waals surface area contributed by atoms with Gasteiger partial charge in [0.25, 0.3) is 0 Å². The van der Waals surface area contributed by atoms with Gasteiger partial charge in [0.1, 0.15) is 0 Å². The van der Waals surface area contributed by atoms with Crippen LogP contribution in [0, 0.1) is 0 Å². The van der Waals surface area contributed by atoms with E-state index in [1.807, 2.05) is 6.07 Å². The number of halogens is 1. The number of aliphatic hydroxyl groups excluding tert-OH is 1. The molecule has 0 bridgehead atoms. The van der Waals surface area contributed by atoms with Gasteiger partial charge in [-0.25, -0.2) is 0 Å². The van der Waals surface area contributed by atoms with E-state index in [9.17, 15) is 0 Å². The van der Waals surface area contributed by atoms with Gasteiger partial charge in [-0.15, -0.1) is 12.4 Å². The van der Waals surface area contributed by atoms with E-state index >= 15 is 0 Å². The van der Waals surface area contributed by atoms with Crippen LogP contribution in [0.25, 0.3) is 11.1 Å². The van der Waals surface area contributed by atoms with Gasteiger partial charge in [0.2, 0.25) is 0 Å². The third kappa shape index (κ3) is 2.03. The molecule has 2 nitrogen and oxygen atoms in total. The van der Waals surface area contributed by atoms with Crippen molar-refractivity contribution in [3.05, 3.63) is 59.2 Å². The van der Waals surface area contributed by atoms with E-state index in [0.29, 0.717) is 0 Å². The monoisotopic (exact) mass is 261 g/mol. The number of rotatable bonds is 2. The molecule has 94 valence electrons. The first-order chi connectivity index (χ1) is 8.29. The number of fused-ring (bicyclic) bond motifs is 3. The molecule has 0 unspecified atom stereocenters. The topological polar surface area (TPSA) is 46.2 Å². The van der Waals surface area contributed by atoms with Crippen molar-refractivity contribution in [1.82, 2.24) is 0 Å². The molecule has 1 atom stereocenters. The van der Waals surface area contributed by atoms with Crippen LogP contribution in [-0.2, 0) is 6.42 Å². The number of aliphatic hydroxyl groups is 1. The lowest BCUT2D eigenvalue weighted by Gasteiger charge is -2.10. The summed E-state index contributed by atoms with van der Waals surface area (Å²) in [6.07, 6.45) is 0.970. The number of nitrogens with two attached hydrogens (primary N) is 1. The predicted octanol–water partition coefficient (Wildman–Crippen LogP) is 2.67. The molecule has 2 aromatic rings. The molecule has 0 aromatic heterocycles. The molecule has 0 saturated heterocycles. The zero-order valence-corrected chi connectivity index (χ0v) is 10.8. The van der Waals surface area contributed by atoms with Crippen LogP contribution in [0.3, 0.4) is 0 Å². The minimum atomic E-state index is -0.274. The first-order valence-corrected chi connectivity index (χ1v) is 5.87. The lowest BCUT2D eigenvalue weighted by molar-refractivity contribution is 0.268. The Bertz CT molecular complexity index is 568. The predicted molar refractivity (Wildman–Crippen MR) is 75.9 cm³/mol. The summed E-state index contributed by atoms with van der Waals surface area (Å²) < 4.78 is 0. The Morgan fingerprint density at radius 3 is 2.56 bits per heavy atom. The van der Waals surface area contributed by atoms with Gasteiger partial charge in [0.05, 0.1) is 12.6 Å². The molecule has 2 aromatic carbocycles. The van der Waals surface area contributed by atoms with E-state index in [0.717, 1.165) is 12.0 Å². The molecule has 0 radical (unpaired) electrons. The van der Waals surface area contributed by atoms with Crippen LogP contribution in [0.2, 0.25) is 0 Å². The zero-order valence-electron chi connectivity index (χ0n) is 9.97. The molecule has 1 aliphatic rings. The van der Waals surface area contributed by atoms with Gasteiger partial charge in [0.15, 0.2) is 0 Å². The van der Waals surface area contributed by atoms with Gasteiger partial charge >= 0.3 is 0 Å². The first-order valence-electron chi connectivity index (χ1n) is 5.87. The minimum Gasteiger partial charge on any atom is -0.394 e. The standard InChI is InChI=1S/C15H15NO.ClH/c16-15(9-17)11-5-6-14-12(8-11)7-10-3-1-2-4-13(10)14;/h1-6,8,15,17H,7,9,16H2;1H/t15-;/m1./s1. The van der Waals surface area contributed by atoms with E-state index in [2.05, 4.69) is 36.4 Å². The summed E-state index contributed by atoms with van der Waals surface area (Å²) in [4.78, 5) is 0. The summed E-state index contributed by atoms with van der Waals surface area (Å²) in [5.41, 5.74) is 12.2. The van der Waals surface area contributed by atoms with Crippen LogP contribution in [0.1, 0.15) is 22.7 Å². The van der Waals surface area contributed by atoms with Crippen LogP contribution in [0.5, 0.6) is 0 Å². The van der Waals surface area contributed by atoms with E-state index in [4.69, 9.17) is 10.8 Å². The highest BCUT2D eigenvalue weighted by molar-refractivity contribution is 5.85. The maximum atomic E-state index is 9.09. The van der Waals surface area contributed by atoms with Crippen LogP contribution in [0.4, 0.5) is 0 Å². The molecule has 0 spiro atoms. The van der Waals surface area contributed by atoms with Gasteiger partial charge in [0, 0.05) is 0 Å². The van der Waals surface area contributed by atoms with E-state index < -0.39 is 0 Å². The summed E-state index contributed by atoms with van der Waals surface area (Å²) in [6, 6.07) is 14.5. The molecule has 0 fully saturated rings. The largest absolute Gasteiger partial charge is 0.394 e. The van der Waals surface area contributed by atoms with Crippen LogP contribution < -0.4 is 5.73 Å². The Morgan fingerprint density at radius 1 is 1.06 bits per heavy atom. The molecule has 0 aliphatic heterocycles. The van der Waals surface area contributed by atoms with Crippen molar-refractivity contribution in [3.8, 4) is 11.1 Å². The smallest absolute Gasteiger partial charge is 0.0624 e. The summed E-state index contributed by atoms with van der Waals surface area (Å²) in [7, 11) is 0. The molecule has 3 heteroatoms. The summed E-state index contributed by atoms with van der Waals surface area (Å²) in [5, 5.41) is 9.09. The summed E-state index contributed by atoms with van der Waals surface area (Å²) in [5.74, 6) is 0. The average molecular weight is 262 g/mol. The second-order valence-corrected chi connectivity index (χ2v) is 4.54. The second kappa shape index (κ2) is 5.11. The lowest BCUT2D eigenvalue weighted by Crippen LogP contribution is -2.14. The molecule has 3 rings (SSSR count). The van der Waals surface area contributed by atoms with Crippen molar-refractivity contribution >= 4 is 12.4 Å². The number of hydrogen-bond acceptors (Lipinski definition) is 2. The highest BCUT2D eigenvalue weighted by Gasteiger charge is 2.18. The minimum absolute atomic E-state index is 0. The van der Waals surface area contributed by atoms with Gasteiger partial charge < -0.3 is 10.8 Å². The van der Waals surface area contributed by atoms with Gasteiger partial charge in [-0.2, -0.15) is 0 Å². The molecular weight excluding hydrogens is 246 g/mol. The summed E-state index contributed by atoms with van der Waals surface area (Å²) in [6.45, 7) is -0.00820. The Balaban J connectivity index is 0.00000120. The third-order valence-corrected chi connectivity index (χ3v) is 3.44. The Labute approximate surface area is 113 Å². The average Bonchev–Trinajstić information content (AvgIpc) is 2.75. The highest BCUT2D eigenvalue weighted by atomic mass is 35.5. The van der Waals surface area contributed by atoms with Gasteiger partial charge in [-0.05, 0) is 34.2 Å². The van der Waals surface area contributed by atoms with Gasteiger partial charge in [-0.3, -0.25) is 0 Å². The van der Waals surface area contributed by atoms with E-state index in [1.165, 1.54) is 22.3 Å². The molecule has 3 N–H and O–H groups in total. The zero-order chi connectivity index (χ0) is 11.8. The van der Waals surface area contributed by atoms with Crippen molar-refractivity contribution in [3.63, 3.8) is 0 Å². The molecule has 18 heavy (non-hydrogen) atoms. The fraction of sp³-hybridized carbons (Fsp3) is 0.200. The summed E-state index contributed by atoms with van der Waals surface area (Å²) >= 11 is 0. The van der Waals surface area contributed by atoms with Crippen molar-refractivity contribution in [2.45, 2.75) is 12.5 Å². The van der Waals surface area contributed by atoms with Crippen molar-refractivity contribution in [2.24, 2.45) is 5.73 Å². The number of benzene rings is 2. The van der Waals surface area contributed by atoms with Crippen molar-refractivity contribution in [2.75, 3.05) is 6.61 Å². The van der Waals surface area contributed by atoms with Crippen LogP contribution >= 0.6 is 12.4 Å². The normalized spacial score (nSPS) is 13.4. The molecule has 0 saturated carbocycles. The highest BCUT2D eigenvalue weighted by Crippen LogP contribution is 2.37. The SMILES string of the molecule is Cl.N[C@H](CO)c1ccc2c(c1)Cc1ccccc1-2. The Kier molecular flexibility index (Phi) is 3.71. The van der Waals surface area contributed by atoms with Crippen molar-refractivity contribution in [1.29, 1.82) is 0 Å². The van der Waals surface area contributed by atoms with Crippen molar-refractivity contribution < 1.29 is 5.11 Å². The third-order valence-electron chi connectivity index (χ3n) is 3.44. The lowest BCUT2D eigenvalue weighted by atomic mass is 10.0. The van der Waals surface area contributed by atoms with Gasteiger partial charge in [-0.1, -0.05) is 42.5 Å².